The molecule has 5 rings (SSSR count). The van der Waals surface area contributed by atoms with E-state index in [0.29, 0.717) is 6.92 Å². The van der Waals surface area contributed by atoms with Crippen LogP contribution < -0.4 is 10.6 Å². The van der Waals surface area contributed by atoms with Gasteiger partial charge in [-0.2, -0.15) is 31.4 Å². The van der Waals surface area contributed by atoms with Crippen molar-refractivity contribution < 1.29 is 39.9 Å². The molecule has 1 aliphatic heterocycles. The number of amides is 1. The van der Waals surface area contributed by atoms with Crippen molar-refractivity contribution in [2.24, 2.45) is 0 Å². The molecule has 1 amide bonds. The molecule has 210 valence electrons. The van der Waals surface area contributed by atoms with Gasteiger partial charge in [-0.1, -0.05) is 0 Å². The van der Waals surface area contributed by atoms with E-state index in [4.69, 9.17) is 0 Å². The van der Waals surface area contributed by atoms with Gasteiger partial charge in [0.15, 0.2) is 16.9 Å². The van der Waals surface area contributed by atoms with E-state index in [1.165, 1.54) is 12.3 Å². The van der Waals surface area contributed by atoms with Crippen LogP contribution in [-0.2, 0) is 16.8 Å². The number of hydrogen-bond acceptors (Lipinski definition) is 7. The van der Waals surface area contributed by atoms with Crippen LogP contribution in [0.3, 0.4) is 0 Å². The fourth-order valence-corrected chi connectivity index (χ4v) is 4.18. The van der Waals surface area contributed by atoms with Crippen molar-refractivity contribution in [1.29, 1.82) is 0 Å². The number of aromatic nitrogens is 6. The second kappa shape index (κ2) is 9.34. The van der Waals surface area contributed by atoms with Crippen molar-refractivity contribution in [2.75, 3.05) is 17.2 Å². The van der Waals surface area contributed by atoms with E-state index in [-0.39, 0.29) is 29.0 Å². The lowest BCUT2D eigenvalue weighted by molar-refractivity contribution is -0.186. The zero-order chi connectivity index (χ0) is 29.0. The third-order valence-electron chi connectivity index (χ3n) is 6.26. The highest BCUT2D eigenvalue weighted by molar-refractivity contribution is 6.07. The first kappa shape index (κ1) is 27.1. The summed E-state index contributed by atoms with van der Waals surface area (Å²) in [5, 5.41) is 8.43. The molecule has 4 aromatic rings. The number of halogens is 8. The highest BCUT2D eigenvalue weighted by Crippen LogP contribution is 2.50. The second-order valence-corrected chi connectivity index (χ2v) is 8.95. The van der Waals surface area contributed by atoms with Gasteiger partial charge in [0.2, 0.25) is 5.91 Å². The van der Waals surface area contributed by atoms with Crippen LogP contribution in [0.1, 0.15) is 24.6 Å². The van der Waals surface area contributed by atoms with Crippen LogP contribution in [-0.4, -0.2) is 54.5 Å². The van der Waals surface area contributed by atoms with Crippen molar-refractivity contribution in [1.82, 2.24) is 29.7 Å². The molecule has 2 N–H and O–H groups in total. The maximum atomic E-state index is 14.3. The first-order chi connectivity index (χ1) is 18.7. The maximum Gasteiger partial charge on any atom is 0.407 e. The highest BCUT2D eigenvalue weighted by atomic mass is 19.4. The molecule has 5 heterocycles. The Morgan fingerprint density at radius 1 is 1.10 bits per heavy atom. The first-order valence-corrected chi connectivity index (χ1v) is 11.4. The molecule has 1 aliphatic rings. The van der Waals surface area contributed by atoms with Crippen molar-refractivity contribution in [3.05, 3.63) is 53.5 Å². The Labute approximate surface area is 218 Å². The summed E-state index contributed by atoms with van der Waals surface area (Å²) in [5.41, 5.74) is -4.30. The van der Waals surface area contributed by atoms with Gasteiger partial charge in [-0.3, -0.25) is 9.78 Å². The number of carbonyl (C=O) groups excluding carboxylic acids is 1. The number of fused-ring (bicyclic) bond motifs is 2. The normalized spacial score (nSPS) is 17.3. The van der Waals surface area contributed by atoms with E-state index < -0.39 is 71.3 Å². The molecule has 40 heavy (non-hydrogen) atoms. The molecule has 0 aromatic carbocycles. The Kier molecular flexibility index (Phi) is 6.34. The molecule has 4 aromatic heterocycles. The number of alkyl halides is 6. The summed E-state index contributed by atoms with van der Waals surface area (Å²) < 4.78 is 110. The molecule has 17 heteroatoms. The fourth-order valence-electron chi connectivity index (χ4n) is 4.18. The van der Waals surface area contributed by atoms with Crippen LogP contribution in [0, 0.1) is 11.6 Å². The number of hydrogen-bond donors (Lipinski definition) is 2. The van der Waals surface area contributed by atoms with Gasteiger partial charge in [-0.05, 0) is 25.1 Å². The Morgan fingerprint density at radius 2 is 1.85 bits per heavy atom. The summed E-state index contributed by atoms with van der Waals surface area (Å²) in [6.45, 7) is -0.623. The lowest BCUT2D eigenvalue weighted by Crippen LogP contribution is -2.45. The van der Waals surface area contributed by atoms with E-state index >= 15 is 0 Å². The summed E-state index contributed by atoms with van der Waals surface area (Å²) in [4.78, 5) is 28.4. The largest absolute Gasteiger partial charge is 0.407 e. The number of anilines is 2. The average molecular weight is 572 g/mol. The molecule has 0 aliphatic carbocycles. The van der Waals surface area contributed by atoms with Crippen LogP contribution in [0.25, 0.3) is 22.6 Å². The van der Waals surface area contributed by atoms with Crippen LogP contribution in [0.5, 0.6) is 0 Å². The summed E-state index contributed by atoms with van der Waals surface area (Å²) in [5.74, 6) is -4.82. The Hall–Kier alpha value is -4.44. The van der Waals surface area contributed by atoms with E-state index in [0.717, 1.165) is 23.0 Å². The lowest BCUT2D eigenvalue weighted by atomic mass is 9.83. The Balaban J connectivity index is 1.68. The lowest BCUT2D eigenvalue weighted by Gasteiger charge is -2.26. The molecule has 0 bridgehead atoms. The third kappa shape index (κ3) is 4.64. The van der Waals surface area contributed by atoms with Gasteiger partial charge in [0.1, 0.15) is 29.0 Å². The molecule has 9 nitrogen and oxygen atoms in total. The number of nitrogens with one attached hydrogen (secondary N) is 2. The third-order valence-corrected chi connectivity index (χ3v) is 6.26. The average Bonchev–Trinajstić information content (AvgIpc) is 3.34. The Bertz CT molecular complexity index is 1630. The minimum absolute atomic E-state index is 0.00120. The second-order valence-electron chi connectivity index (χ2n) is 8.95. The van der Waals surface area contributed by atoms with E-state index in [9.17, 15) is 39.9 Å². The molecular formula is C23H16F8N8O. The van der Waals surface area contributed by atoms with E-state index in [1.807, 2.05) is 5.32 Å². The predicted molar refractivity (Wildman–Crippen MR) is 123 cm³/mol. The van der Waals surface area contributed by atoms with Gasteiger partial charge >= 0.3 is 12.4 Å². The van der Waals surface area contributed by atoms with Gasteiger partial charge in [0.05, 0.1) is 35.8 Å². The first-order valence-electron chi connectivity index (χ1n) is 11.4. The summed E-state index contributed by atoms with van der Waals surface area (Å²) in [6, 6.07) is 3.47. The van der Waals surface area contributed by atoms with Gasteiger partial charge in [0, 0.05) is 12.7 Å². The summed E-state index contributed by atoms with van der Waals surface area (Å²) in [6.07, 6.45) is -9.07. The molecule has 0 saturated heterocycles. The zero-order valence-electron chi connectivity index (χ0n) is 20.1. The van der Waals surface area contributed by atoms with Crippen LogP contribution in [0.15, 0.2) is 30.6 Å². The SMILES string of the molecule is C[C@]1(C(F)(F)F)C(=O)Nc2nc(-c3nn(Cc4ncccc4F)c4ncc(F)cc34)nc(NCCC(F)(F)F)c21. The van der Waals surface area contributed by atoms with Crippen molar-refractivity contribution in [3.8, 4) is 11.5 Å². The number of rotatable bonds is 6. The number of pyridine rings is 2. The highest BCUT2D eigenvalue weighted by Gasteiger charge is 2.63. The standard InChI is InChI=1S/C23H16F8N8O/c1-21(23(29,30)31)14-16(33-6-4-22(26,27)28)35-18(36-17(14)37-20(21)40)15-11-7-10(24)8-34-19(11)39(38-15)9-13-12(25)3-2-5-32-13/h2-3,5,7-8H,4,6,9H2,1H3,(H2,33,35,36,37,40)/t21-/m1/s1. The molecule has 0 saturated carbocycles. The topological polar surface area (TPSA) is 111 Å². The van der Waals surface area contributed by atoms with E-state index in [2.05, 4.69) is 30.4 Å². The molecule has 1 atom stereocenters. The molecule has 0 radical (unpaired) electrons. The van der Waals surface area contributed by atoms with Gasteiger partial charge in [0.25, 0.3) is 0 Å². The molecule has 0 spiro atoms. The summed E-state index contributed by atoms with van der Waals surface area (Å²) >= 11 is 0. The quantitative estimate of drug-likeness (QED) is 0.321. The fraction of sp³-hybridized carbons (Fsp3) is 0.304. The zero-order valence-corrected chi connectivity index (χ0v) is 20.1. The molecule has 0 fully saturated rings. The van der Waals surface area contributed by atoms with Gasteiger partial charge in [-0.15, -0.1) is 0 Å². The van der Waals surface area contributed by atoms with Crippen molar-refractivity contribution in [2.45, 2.75) is 37.7 Å². The van der Waals surface area contributed by atoms with Gasteiger partial charge in [-0.25, -0.2) is 28.4 Å². The number of carbonyl (C=O) groups is 1. The monoisotopic (exact) mass is 572 g/mol. The maximum absolute atomic E-state index is 14.3. The van der Waals surface area contributed by atoms with Gasteiger partial charge < -0.3 is 10.6 Å². The predicted octanol–water partition coefficient (Wildman–Crippen LogP) is 4.75. The van der Waals surface area contributed by atoms with Crippen LogP contribution in [0.4, 0.5) is 46.8 Å². The minimum Gasteiger partial charge on any atom is -0.369 e. The van der Waals surface area contributed by atoms with Crippen LogP contribution in [0.2, 0.25) is 0 Å². The molecular weight excluding hydrogens is 556 g/mol. The van der Waals surface area contributed by atoms with Crippen molar-refractivity contribution >= 4 is 28.6 Å². The number of nitrogens with zero attached hydrogens (tertiary/aromatic N) is 6. The van der Waals surface area contributed by atoms with E-state index in [1.54, 1.807) is 0 Å². The van der Waals surface area contributed by atoms with Crippen molar-refractivity contribution in [3.63, 3.8) is 0 Å². The smallest absolute Gasteiger partial charge is 0.369 e. The minimum atomic E-state index is -5.16. The summed E-state index contributed by atoms with van der Waals surface area (Å²) in [7, 11) is 0. The molecule has 0 unspecified atom stereocenters. The van der Waals surface area contributed by atoms with Crippen LogP contribution >= 0.6 is 0 Å². The Morgan fingerprint density at radius 3 is 2.52 bits per heavy atom.